The molecule has 1 amide bonds. The van der Waals surface area contributed by atoms with Crippen molar-refractivity contribution in [2.75, 3.05) is 14.2 Å². The van der Waals surface area contributed by atoms with Gasteiger partial charge in [0.15, 0.2) is 16.3 Å². The lowest BCUT2D eigenvalue weighted by Gasteiger charge is -2.08. The molecule has 1 heterocycles. The third-order valence-corrected chi connectivity index (χ3v) is 5.46. The summed E-state index contributed by atoms with van der Waals surface area (Å²) in [6, 6.07) is 7.24. The van der Waals surface area contributed by atoms with Crippen LogP contribution in [0, 0.1) is 10.1 Å². The molecule has 29 heavy (non-hydrogen) atoms. The van der Waals surface area contributed by atoms with Gasteiger partial charge in [-0.2, -0.15) is 4.99 Å². The maximum atomic E-state index is 12.7. The zero-order chi connectivity index (χ0) is 21.1. The second kappa shape index (κ2) is 8.46. The predicted molar refractivity (Wildman–Crippen MR) is 111 cm³/mol. The first-order valence-corrected chi connectivity index (χ1v) is 9.48. The number of methoxy groups -OCH3 is 2. The second-order valence-electron chi connectivity index (χ2n) is 5.80. The molecule has 0 bridgehead atoms. The van der Waals surface area contributed by atoms with Crippen LogP contribution in [0.3, 0.4) is 0 Å². The van der Waals surface area contributed by atoms with E-state index >= 15 is 0 Å². The first kappa shape index (κ1) is 20.6. The molecule has 0 N–H and O–H groups in total. The number of amides is 1. The van der Waals surface area contributed by atoms with Gasteiger partial charge in [0.1, 0.15) is 0 Å². The summed E-state index contributed by atoms with van der Waals surface area (Å²) >= 11 is 7.33. The summed E-state index contributed by atoms with van der Waals surface area (Å²) in [5, 5.41) is 11.1. The van der Waals surface area contributed by atoms with Gasteiger partial charge in [0.25, 0.3) is 11.6 Å². The number of hydrogen-bond donors (Lipinski definition) is 0. The van der Waals surface area contributed by atoms with E-state index < -0.39 is 10.8 Å². The maximum Gasteiger partial charge on any atom is 0.281 e. The van der Waals surface area contributed by atoms with Crippen LogP contribution < -0.4 is 14.3 Å². The standard InChI is InChI=1S/C19H16ClN3O5S/c1-4-7-22-14-9-15(27-2)16(28-3)10-17(14)29-19(22)21-18(24)12-8-11(23(25)26)5-6-13(12)20/h4-6,8-10H,1,7H2,2-3H3. The number of rotatable bonds is 6. The molecule has 0 atom stereocenters. The van der Waals surface area contributed by atoms with Crippen LogP contribution in [0.1, 0.15) is 10.4 Å². The molecule has 0 aliphatic carbocycles. The Bertz CT molecular complexity index is 1200. The van der Waals surface area contributed by atoms with Gasteiger partial charge in [-0.05, 0) is 6.07 Å². The van der Waals surface area contributed by atoms with Gasteiger partial charge in [-0.25, -0.2) is 0 Å². The fourth-order valence-corrected chi connectivity index (χ4v) is 3.97. The number of carbonyl (C=O) groups excluding carboxylic acids is 1. The minimum absolute atomic E-state index is 0.0429. The molecule has 0 aliphatic heterocycles. The van der Waals surface area contributed by atoms with E-state index in [1.165, 1.54) is 37.7 Å². The highest BCUT2D eigenvalue weighted by molar-refractivity contribution is 7.16. The number of benzene rings is 2. The minimum Gasteiger partial charge on any atom is -0.493 e. The van der Waals surface area contributed by atoms with Crippen LogP contribution in [0.4, 0.5) is 5.69 Å². The van der Waals surface area contributed by atoms with Crippen LogP contribution in [0.15, 0.2) is 48.0 Å². The summed E-state index contributed by atoms with van der Waals surface area (Å²) < 4.78 is 13.3. The molecule has 0 fully saturated rings. The number of thiazole rings is 1. The van der Waals surface area contributed by atoms with E-state index in [1.54, 1.807) is 22.8 Å². The largest absolute Gasteiger partial charge is 0.493 e. The summed E-state index contributed by atoms with van der Waals surface area (Å²) in [7, 11) is 3.07. The third kappa shape index (κ3) is 4.01. The molecule has 150 valence electrons. The molecular weight excluding hydrogens is 418 g/mol. The van der Waals surface area contributed by atoms with Crippen molar-refractivity contribution in [3.63, 3.8) is 0 Å². The lowest BCUT2D eigenvalue weighted by Crippen LogP contribution is -2.16. The van der Waals surface area contributed by atoms with Gasteiger partial charge in [-0.1, -0.05) is 29.0 Å². The summed E-state index contributed by atoms with van der Waals surface area (Å²) in [5.74, 6) is 0.406. The Morgan fingerprint density at radius 3 is 2.62 bits per heavy atom. The van der Waals surface area contributed by atoms with Crippen molar-refractivity contribution in [1.29, 1.82) is 0 Å². The minimum atomic E-state index is -0.679. The first-order valence-electron chi connectivity index (χ1n) is 8.28. The van der Waals surface area contributed by atoms with Gasteiger partial charge in [-0.3, -0.25) is 14.9 Å². The summed E-state index contributed by atoms with van der Waals surface area (Å²) in [6.07, 6.45) is 1.67. The number of ether oxygens (including phenoxy) is 2. The molecule has 0 saturated carbocycles. The normalized spacial score (nSPS) is 11.5. The molecule has 3 aromatic rings. The fraction of sp³-hybridized carbons (Fsp3) is 0.158. The van der Waals surface area contributed by atoms with Crippen LogP contribution in [0.5, 0.6) is 11.5 Å². The Morgan fingerprint density at radius 2 is 2.00 bits per heavy atom. The Kier molecular flexibility index (Phi) is 6.00. The molecule has 2 aromatic carbocycles. The molecular formula is C19H16ClN3O5S. The fourth-order valence-electron chi connectivity index (χ4n) is 2.73. The molecule has 1 aromatic heterocycles. The number of aromatic nitrogens is 1. The van der Waals surface area contributed by atoms with Crippen LogP contribution in [0.25, 0.3) is 10.2 Å². The molecule has 10 heteroatoms. The number of non-ortho nitro benzene ring substituents is 1. The Morgan fingerprint density at radius 1 is 1.31 bits per heavy atom. The molecule has 8 nitrogen and oxygen atoms in total. The van der Waals surface area contributed by atoms with Crippen molar-refractivity contribution in [3.05, 3.63) is 68.5 Å². The van der Waals surface area contributed by atoms with E-state index in [9.17, 15) is 14.9 Å². The van der Waals surface area contributed by atoms with Gasteiger partial charge in [0, 0.05) is 30.8 Å². The summed E-state index contributed by atoms with van der Waals surface area (Å²) in [5.41, 5.74) is 0.501. The van der Waals surface area contributed by atoms with E-state index in [-0.39, 0.29) is 16.3 Å². The van der Waals surface area contributed by atoms with Crippen molar-refractivity contribution < 1.29 is 19.2 Å². The number of nitro benzene ring substituents is 1. The predicted octanol–water partition coefficient (Wildman–Crippen LogP) is 4.21. The van der Waals surface area contributed by atoms with E-state index in [4.69, 9.17) is 21.1 Å². The van der Waals surface area contributed by atoms with Crippen molar-refractivity contribution in [3.8, 4) is 11.5 Å². The number of hydrogen-bond acceptors (Lipinski definition) is 6. The van der Waals surface area contributed by atoms with Crippen molar-refractivity contribution >= 4 is 44.7 Å². The first-order chi connectivity index (χ1) is 13.9. The molecule has 0 aliphatic rings. The zero-order valence-electron chi connectivity index (χ0n) is 15.5. The third-order valence-electron chi connectivity index (χ3n) is 4.09. The van der Waals surface area contributed by atoms with Gasteiger partial charge in [0.2, 0.25) is 0 Å². The van der Waals surface area contributed by atoms with E-state index in [2.05, 4.69) is 11.6 Å². The lowest BCUT2D eigenvalue weighted by molar-refractivity contribution is -0.384. The summed E-state index contributed by atoms with van der Waals surface area (Å²) in [6.45, 7) is 4.14. The second-order valence-corrected chi connectivity index (χ2v) is 7.21. The van der Waals surface area contributed by atoms with Gasteiger partial charge < -0.3 is 14.0 Å². The van der Waals surface area contributed by atoms with Gasteiger partial charge >= 0.3 is 0 Å². The topological polar surface area (TPSA) is 96.0 Å². The lowest BCUT2D eigenvalue weighted by atomic mass is 10.2. The van der Waals surface area contributed by atoms with Crippen LogP contribution in [-0.2, 0) is 6.54 Å². The van der Waals surface area contributed by atoms with Crippen LogP contribution in [0.2, 0.25) is 5.02 Å². The number of nitro groups is 1. The smallest absolute Gasteiger partial charge is 0.281 e. The number of halogens is 1. The van der Waals surface area contributed by atoms with Crippen molar-refractivity contribution in [2.45, 2.75) is 6.54 Å². The Balaban J connectivity index is 2.20. The molecule has 0 saturated heterocycles. The molecule has 0 unspecified atom stereocenters. The highest BCUT2D eigenvalue weighted by Gasteiger charge is 2.17. The van der Waals surface area contributed by atoms with Crippen molar-refractivity contribution in [1.82, 2.24) is 4.57 Å². The molecule has 0 spiro atoms. The van der Waals surface area contributed by atoms with Crippen LogP contribution in [-0.4, -0.2) is 29.6 Å². The number of fused-ring (bicyclic) bond motifs is 1. The maximum absolute atomic E-state index is 12.7. The molecule has 3 rings (SSSR count). The van der Waals surface area contributed by atoms with E-state index in [0.29, 0.717) is 22.8 Å². The highest BCUT2D eigenvalue weighted by Crippen LogP contribution is 2.33. The number of carbonyl (C=O) groups is 1. The summed E-state index contributed by atoms with van der Waals surface area (Å²) in [4.78, 5) is 27.7. The quantitative estimate of drug-likeness (QED) is 0.329. The van der Waals surface area contributed by atoms with Gasteiger partial charge in [-0.15, -0.1) is 6.58 Å². The van der Waals surface area contributed by atoms with E-state index in [1.807, 2.05) is 0 Å². The average Bonchev–Trinajstić information content (AvgIpc) is 3.03. The number of nitrogens with zero attached hydrogens (tertiary/aromatic N) is 3. The zero-order valence-corrected chi connectivity index (χ0v) is 17.1. The Hall–Kier alpha value is -3.17. The van der Waals surface area contributed by atoms with E-state index in [0.717, 1.165) is 16.3 Å². The molecule has 0 radical (unpaired) electrons. The average molecular weight is 434 g/mol. The monoisotopic (exact) mass is 433 g/mol. The Labute approximate surface area is 174 Å². The van der Waals surface area contributed by atoms with Crippen LogP contribution >= 0.6 is 22.9 Å². The van der Waals surface area contributed by atoms with Crippen molar-refractivity contribution in [2.24, 2.45) is 4.99 Å². The SMILES string of the molecule is C=CCn1c(=NC(=O)c2cc([N+](=O)[O-])ccc2Cl)sc2cc(OC)c(OC)cc21. The number of allylic oxidation sites excluding steroid dienone is 1. The highest BCUT2D eigenvalue weighted by atomic mass is 35.5. The van der Waals surface area contributed by atoms with Gasteiger partial charge in [0.05, 0.1) is 39.9 Å².